The molecule has 207 valence electrons. The van der Waals surface area contributed by atoms with E-state index in [-0.39, 0.29) is 21.7 Å². The maximum absolute atomic E-state index is 13.7. The van der Waals surface area contributed by atoms with Crippen LogP contribution in [0.4, 0.5) is 20.3 Å². The Bertz CT molecular complexity index is 1500. The number of anilines is 2. The topological polar surface area (TPSA) is 82.3 Å². The molecule has 6 rings (SSSR count). The number of fused-ring (bicyclic) bond motifs is 1. The van der Waals surface area contributed by atoms with Gasteiger partial charge in [0.2, 0.25) is 0 Å². The first kappa shape index (κ1) is 26.9. The molecular formula is C30H31AsF2N5O2. The van der Waals surface area contributed by atoms with E-state index in [1.165, 1.54) is 17.8 Å². The SMILES string of the molecule is O=C(Nc1n[nH]c2ccc(Cc3cc(F)cc(F)c3)cc12)c1ccc(N2CCNCC2)cc1[As]C1CCOCC1. The number of ether oxygens (including phenoxy) is 1. The van der Waals surface area contributed by atoms with Crippen LogP contribution in [-0.4, -0.2) is 71.2 Å². The zero-order valence-electron chi connectivity index (χ0n) is 22.1. The normalized spacial score (nSPS) is 16.7. The van der Waals surface area contributed by atoms with Crippen molar-refractivity contribution in [3.63, 3.8) is 0 Å². The number of aromatic nitrogens is 2. The number of aromatic amines is 1. The molecule has 1 amide bonds. The Hall–Kier alpha value is -3.26. The minimum atomic E-state index is -0.603. The molecule has 1 aromatic heterocycles. The Morgan fingerprint density at radius 1 is 1.00 bits per heavy atom. The number of carbonyl (C=O) groups excluding carboxylic acids is 1. The first-order valence-corrected chi connectivity index (χ1v) is 15.7. The molecule has 3 heterocycles. The Kier molecular flexibility index (Phi) is 8.14. The number of piperazine rings is 1. The molecule has 2 aliphatic rings. The molecule has 3 aromatic carbocycles. The van der Waals surface area contributed by atoms with Gasteiger partial charge in [0.1, 0.15) is 0 Å². The third-order valence-corrected chi connectivity index (χ3v) is 10.6. The van der Waals surface area contributed by atoms with Crippen LogP contribution in [-0.2, 0) is 11.2 Å². The number of carbonyl (C=O) groups is 1. The molecule has 0 unspecified atom stereocenters. The van der Waals surface area contributed by atoms with Crippen LogP contribution in [0.2, 0.25) is 4.71 Å². The van der Waals surface area contributed by atoms with Gasteiger partial charge in [-0.2, -0.15) is 0 Å². The Morgan fingerprint density at radius 3 is 2.55 bits per heavy atom. The number of benzene rings is 3. The van der Waals surface area contributed by atoms with E-state index in [2.05, 4.69) is 31.8 Å². The summed E-state index contributed by atoms with van der Waals surface area (Å²) in [6.45, 7) is 5.36. The molecular weight excluding hydrogens is 575 g/mol. The molecule has 7 nitrogen and oxygen atoms in total. The number of nitrogens with zero attached hydrogens (tertiary/aromatic N) is 2. The number of amides is 1. The van der Waals surface area contributed by atoms with Crippen molar-refractivity contribution >= 4 is 48.4 Å². The van der Waals surface area contributed by atoms with E-state index in [1.807, 2.05) is 30.3 Å². The number of H-pyrrole nitrogens is 1. The van der Waals surface area contributed by atoms with E-state index in [4.69, 9.17) is 4.74 Å². The van der Waals surface area contributed by atoms with Crippen LogP contribution in [0.1, 0.15) is 34.3 Å². The van der Waals surface area contributed by atoms with E-state index in [0.717, 1.165) is 79.1 Å². The van der Waals surface area contributed by atoms with Crippen molar-refractivity contribution in [3.05, 3.63) is 82.9 Å². The van der Waals surface area contributed by atoms with E-state index in [9.17, 15) is 13.6 Å². The molecule has 40 heavy (non-hydrogen) atoms. The number of hydrogen-bond donors (Lipinski definition) is 3. The molecule has 0 atom stereocenters. The molecule has 10 heteroatoms. The summed E-state index contributed by atoms with van der Waals surface area (Å²) in [4.78, 5) is 16.1. The van der Waals surface area contributed by atoms with E-state index < -0.39 is 11.6 Å². The standard InChI is InChI=1S/C30H31AsF2N5O2/c32-22-14-20(15-23(33)17-22)13-19-1-4-28-26(16-19)29(37-36-28)35-30(39)25-3-2-24(38-9-7-34-8-10-38)18-27(25)31-21-5-11-40-12-6-21/h1-4,14-18,21,34H,5-13H2,(H2,35,36,37,39). The third kappa shape index (κ3) is 6.22. The molecule has 2 saturated heterocycles. The van der Waals surface area contributed by atoms with Crippen molar-refractivity contribution < 1.29 is 18.3 Å². The van der Waals surface area contributed by atoms with Crippen LogP contribution in [0.5, 0.6) is 0 Å². The number of rotatable bonds is 7. The fourth-order valence-electron chi connectivity index (χ4n) is 5.34. The van der Waals surface area contributed by atoms with Crippen molar-refractivity contribution in [2.45, 2.75) is 24.0 Å². The maximum atomic E-state index is 13.7. The summed E-state index contributed by atoms with van der Waals surface area (Å²) < 4.78 is 34.7. The molecule has 2 aliphatic heterocycles. The zero-order chi connectivity index (χ0) is 27.5. The summed E-state index contributed by atoms with van der Waals surface area (Å²) in [5.74, 6) is -0.953. The Balaban J connectivity index is 1.26. The molecule has 1 radical (unpaired) electrons. The van der Waals surface area contributed by atoms with Gasteiger partial charge in [-0.15, -0.1) is 0 Å². The van der Waals surface area contributed by atoms with Gasteiger partial charge in [-0.1, -0.05) is 0 Å². The molecule has 0 saturated carbocycles. The second-order valence-electron chi connectivity index (χ2n) is 10.3. The molecule has 0 aliphatic carbocycles. The van der Waals surface area contributed by atoms with E-state index in [0.29, 0.717) is 28.1 Å². The Morgan fingerprint density at radius 2 is 1.77 bits per heavy atom. The summed E-state index contributed by atoms with van der Waals surface area (Å²) in [7, 11) is 0. The second-order valence-corrected chi connectivity index (χ2v) is 13.4. The van der Waals surface area contributed by atoms with Crippen LogP contribution >= 0.6 is 0 Å². The van der Waals surface area contributed by atoms with Crippen molar-refractivity contribution in [1.29, 1.82) is 0 Å². The summed E-state index contributed by atoms with van der Waals surface area (Å²) in [6, 6.07) is 15.4. The van der Waals surface area contributed by atoms with Gasteiger partial charge < -0.3 is 0 Å². The predicted molar refractivity (Wildman–Crippen MR) is 154 cm³/mol. The summed E-state index contributed by atoms with van der Waals surface area (Å²) in [5, 5.41) is 14.5. The monoisotopic (exact) mass is 606 g/mol. The van der Waals surface area contributed by atoms with Gasteiger partial charge in [0.15, 0.2) is 0 Å². The second kappa shape index (κ2) is 12.1. The van der Waals surface area contributed by atoms with E-state index >= 15 is 0 Å². The average molecular weight is 607 g/mol. The van der Waals surface area contributed by atoms with Crippen LogP contribution in [0, 0.1) is 11.6 Å². The van der Waals surface area contributed by atoms with Crippen LogP contribution in [0.3, 0.4) is 0 Å². The van der Waals surface area contributed by atoms with Gasteiger partial charge in [0, 0.05) is 6.07 Å². The molecule has 3 N–H and O–H groups in total. The zero-order valence-corrected chi connectivity index (χ0v) is 23.9. The van der Waals surface area contributed by atoms with Crippen molar-refractivity contribution in [2.24, 2.45) is 0 Å². The fourth-order valence-corrected chi connectivity index (χ4v) is 8.24. The molecule has 4 aromatic rings. The van der Waals surface area contributed by atoms with Gasteiger partial charge in [0.25, 0.3) is 0 Å². The van der Waals surface area contributed by atoms with Crippen LogP contribution in [0.25, 0.3) is 10.9 Å². The first-order chi connectivity index (χ1) is 19.5. The third-order valence-electron chi connectivity index (χ3n) is 7.41. The Labute approximate surface area is 238 Å². The van der Waals surface area contributed by atoms with Gasteiger partial charge in [-0.25, -0.2) is 8.78 Å². The molecule has 2 fully saturated rings. The van der Waals surface area contributed by atoms with Crippen molar-refractivity contribution in [3.8, 4) is 0 Å². The quantitative estimate of drug-likeness (QED) is 0.277. The summed E-state index contributed by atoms with van der Waals surface area (Å²) in [5.41, 5.74) is 4.02. The first-order valence-electron chi connectivity index (χ1n) is 13.6. The molecule has 0 bridgehead atoms. The number of hydrogen-bond acceptors (Lipinski definition) is 5. The van der Waals surface area contributed by atoms with Crippen molar-refractivity contribution in [1.82, 2.24) is 15.5 Å². The van der Waals surface area contributed by atoms with Gasteiger partial charge >= 0.3 is 224 Å². The number of nitrogens with one attached hydrogen (secondary N) is 3. The predicted octanol–water partition coefficient (Wildman–Crippen LogP) is 4.02. The minimum absolute atomic E-state index is 0.185. The van der Waals surface area contributed by atoms with Crippen LogP contribution in [0.15, 0.2) is 54.6 Å². The van der Waals surface area contributed by atoms with Crippen LogP contribution < -0.4 is 19.9 Å². The van der Waals surface area contributed by atoms with Gasteiger partial charge in [-0.05, 0) is 0 Å². The van der Waals surface area contributed by atoms with Gasteiger partial charge in [0.05, 0.1) is 0 Å². The summed E-state index contributed by atoms with van der Waals surface area (Å²) >= 11 is -0.221. The molecule has 0 spiro atoms. The number of halogens is 2. The van der Waals surface area contributed by atoms with E-state index in [1.54, 1.807) is 0 Å². The average Bonchev–Trinajstić information content (AvgIpc) is 3.35. The fraction of sp³-hybridized carbons (Fsp3) is 0.333. The van der Waals surface area contributed by atoms with Gasteiger partial charge in [-0.3, -0.25) is 0 Å². The summed E-state index contributed by atoms with van der Waals surface area (Å²) in [6.07, 6.45) is 2.41. The van der Waals surface area contributed by atoms with Crippen molar-refractivity contribution in [2.75, 3.05) is 49.6 Å².